The number of hydrogen-bond acceptors (Lipinski definition) is 4. The molecule has 0 spiro atoms. The van der Waals surface area contributed by atoms with Crippen LogP contribution in [0, 0.1) is 5.92 Å². The number of ether oxygens (including phenoxy) is 2. The molecule has 0 amide bonds. The Kier molecular flexibility index (Phi) is 9.52. The number of carbonyl (C=O) groups excluding carboxylic acids is 1. The van der Waals surface area contributed by atoms with E-state index >= 15 is 0 Å². The Hall–Kier alpha value is -0.610. The van der Waals surface area contributed by atoms with E-state index in [-0.39, 0.29) is 11.9 Å². The predicted molar refractivity (Wildman–Crippen MR) is 59.5 cm³/mol. The molecule has 90 valence electrons. The minimum absolute atomic E-state index is 0.152. The highest BCUT2D eigenvalue weighted by Gasteiger charge is 2.16. The molecule has 0 aromatic heterocycles. The van der Waals surface area contributed by atoms with Gasteiger partial charge in [-0.25, -0.2) is 0 Å². The maximum Gasteiger partial charge on any atom is 0.310 e. The lowest BCUT2D eigenvalue weighted by atomic mass is 10.0. The van der Waals surface area contributed by atoms with Gasteiger partial charge in [0, 0.05) is 13.2 Å². The zero-order valence-corrected chi connectivity index (χ0v) is 9.83. The van der Waals surface area contributed by atoms with Crippen LogP contribution in [0.5, 0.6) is 0 Å². The lowest BCUT2D eigenvalue weighted by molar-refractivity contribution is -0.150. The Morgan fingerprint density at radius 3 is 2.47 bits per heavy atom. The highest BCUT2D eigenvalue weighted by molar-refractivity contribution is 5.72. The molecule has 0 rings (SSSR count). The van der Waals surface area contributed by atoms with Crippen LogP contribution in [0.15, 0.2) is 0 Å². The molecule has 1 unspecified atom stereocenters. The van der Waals surface area contributed by atoms with Crippen molar-refractivity contribution >= 4 is 5.97 Å². The van der Waals surface area contributed by atoms with Gasteiger partial charge in [-0.15, -0.1) is 0 Å². The standard InChI is InChI=1S/C11H23NO3/c1-3-5-10(9-12)11(13)15-8-7-14-6-4-2/h10H,3-9,12H2,1-2H3. The van der Waals surface area contributed by atoms with Crippen molar-refractivity contribution < 1.29 is 14.3 Å². The summed E-state index contributed by atoms with van der Waals surface area (Å²) in [5, 5.41) is 0. The van der Waals surface area contributed by atoms with Crippen molar-refractivity contribution in [3.05, 3.63) is 0 Å². The second-order valence-corrected chi connectivity index (χ2v) is 3.50. The van der Waals surface area contributed by atoms with E-state index in [0.717, 1.165) is 19.3 Å². The van der Waals surface area contributed by atoms with Crippen LogP contribution in [0.4, 0.5) is 0 Å². The van der Waals surface area contributed by atoms with Gasteiger partial charge in [0.2, 0.25) is 0 Å². The Morgan fingerprint density at radius 2 is 1.93 bits per heavy atom. The highest BCUT2D eigenvalue weighted by Crippen LogP contribution is 2.06. The Bertz CT molecular complexity index is 162. The minimum atomic E-state index is -0.195. The third kappa shape index (κ3) is 7.33. The van der Waals surface area contributed by atoms with E-state index in [9.17, 15) is 4.79 Å². The number of rotatable bonds is 9. The largest absolute Gasteiger partial charge is 0.463 e. The average molecular weight is 217 g/mol. The molecule has 0 aliphatic rings. The summed E-state index contributed by atoms with van der Waals surface area (Å²) >= 11 is 0. The summed E-state index contributed by atoms with van der Waals surface area (Å²) in [6.45, 7) is 5.95. The molecule has 0 aliphatic carbocycles. The molecule has 0 aliphatic heterocycles. The van der Waals surface area contributed by atoms with E-state index in [4.69, 9.17) is 15.2 Å². The topological polar surface area (TPSA) is 61.5 Å². The van der Waals surface area contributed by atoms with Crippen LogP contribution in [-0.2, 0) is 14.3 Å². The molecule has 0 radical (unpaired) electrons. The number of nitrogens with two attached hydrogens (primary N) is 1. The predicted octanol–water partition coefficient (Wildman–Crippen LogP) is 1.33. The third-order valence-corrected chi connectivity index (χ3v) is 2.08. The minimum Gasteiger partial charge on any atom is -0.463 e. The summed E-state index contributed by atoms with van der Waals surface area (Å²) in [6, 6.07) is 0. The number of hydrogen-bond donors (Lipinski definition) is 1. The van der Waals surface area contributed by atoms with Crippen molar-refractivity contribution in [1.29, 1.82) is 0 Å². The Balaban J connectivity index is 3.53. The molecule has 0 saturated carbocycles. The van der Waals surface area contributed by atoms with Crippen molar-refractivity contribution in [2.45, 2.75) is 33.1 Å². The summed E-state index contributed by atoms with van der Waals surface area (Å²) in [5.41, 5.74) is 5.48. The van der Waals surface area contributed by atoms with Crippen LogP contribution in [0.2, 0.25) is 0 Å². The summed E-state index contributed by atoms with van der Waals surface area (Å²) in [6.07, 6.45) is 2.73. The van der Waals surface area contributed by atoms with Gasteiger partial charge in [-0.2, -0.15) is 0 Å². The van der Waals surface area contributed by atoms with Crippen molar-refractivity contribution in [3.63, 3.8) is 0 Å². The molecule has 15 heavy (non-hydrogen) atoms. The molecule has 0 aromatic rings. The van der Waals surface area contributed by atoms with Crippen LogP contribution in [-0.4, -0.2) is 32.3 Å². The zero-order chi connectivity index (χ0) is 11.5. The lowest BCUT2D eigenvalue weighted by Gasteiger charge is -2.12. The molecule has 0 fully saturated rings. The van der Waals surface area contributed by atoms with Gasteiger partial charge in [0.15, 0.2) is 0 Å². The molecule has 4 nitrogen and oxygen atoms in total. The fourth-order valence-electron chi connectivity index (χ4n) is 1.25. The molecule has 2 N–H and O–H groups in total. The smallest absolute Gasteiger partial charge is 0.310 e. The van der Waals surface area contributed by atoms with E-state index in [1.165, 1.54) is 0 Å². The normalized spacial score (nSPS) is 12.5. The summed E-state index contributed by atoms with van der Waals surface area (Å²) in [4.78, 5) is 11.4. The quantitative estimate of drug-likeness (QED) is 0.467. The first-order chi connectivity index (χ1) is 7.26. The number of carbonyl (C=O) groups is 1. The van der Waals surface area contributed by atoms with Gasteiger partial charge in [0.1, 0.15) is 6.61 Å². The first-order valence-electron chi connectivity index (χ1n) is 5.70. The van der Waals surface area contributed by atoms with Crippen LogP contribution in [0.1, 0.15) is 33.1 Å². The zero-order valence-electron chi connectivity index (χ0n) is 9.83. The second kappa shape index (κ2) is 9.93. The van der Waals surface area contributed by atoms with Gasteiger partial charge >= 0.3 is 5.97 Å². The second-order valence-electron chi connectivity index (χ2n) is 3.50. The lowest BCUT2D eigenvalue weighted by Crippen LogP contribution is -2.26. The van der Waals surface area contributed by atoms with Gasteiger partial charge in [-0.3, -0.25) is 4.79 Å². The summed E-state index contributed by atoms with van der Waals surface area (Å²) < 4.78 is 10.2. The van der Waals surface area contributed by atoms with Crippen LogP contribution < -0.4 is 5.73 Å². The Labute approximate surface area is 92.1 Å². The first-order valence-corrected chi connectivity index (χ1v) is 5.70. The van der Waals surface area contributed by atoms with Crippen molar-refractivity contribution in [2.24, 2.45) is 11.7 Å². The highest BCUT2D eigenvalue weighted by atomic mass is 16.6. The van der Waals surface area contributed by atoms with E-state index in [1.54, 1.807) is 0 Å². The molecule has 0 aromatic carbocycles. The number of esters is 1. The summed E-state index contributed by atoms with van der Waals surface area (Å²) in [7, 11) is 0. The monoisotopic (exact) mass is 217 g/mol. The fourth-order valence-corrected chi connectivity index (χ4v) is 1.25. The van der Waals surface area contributed by atoms with E-state index < -0.39 is 0 Å². The van der Waals surface area contributed by atoms with Gasteiger partial charge in [0.05, 0.1) is 12.5 Å². The molecule has 0 saturated heterocycles. The first kappa shape index (κ1) is 14.4. The van der Waals surface area contributed by atoms with Crippen molar-refractivity contribution in [2.75, 3.05) is 26.4 Å². The van der Waals surface area contributed by atoms with Gasteiger partial charge in [-0.05, 0) is 12.8 Å². The van der Waals surface area contributed by atoms with Gasteiger partial charge in [-0.1, -0.05) is 20.3 Å². The van der Waals surface area contributed by atoms with Crippen molar-refractivity contribution in [3.8, 4) is 0 Å². The van der Waals surface area contributed by atoms with E-state index in [2.05, 4.69) is 0 Å². The molecular formula is C11H23NO3. The van der Waals surface area contributed by atoms with Crippen molar-refractivity contribution in [1.82, 2.24) is 0 Å². The molecule has 0 heterocycles. The SMILES string of the molecule is CCCOCCOC(=O)C(CN)CCC. The molecule has 0 bridgehead atoms. The summed E-state index contributed by atoms with van der Waals surface area (Å²) in [5.74, 6) is -0.347. The average Bonchev–Trinajstić information content (AvgIpc) is 2.25. The molecule has 4 heteroatoms. The maximum absolute atomic E-state index is 11.4. The molecule has 1 atom stereocenters. The van der Waals surface area contributed by atoms with Gasteiger partial charge in [0.25, 0.3) is 0 Å². The maximum atomic E-state index is 11.4. The molecular weight excluding hydrogens is 194 g/mol. The van der Waals surface area contributed by atoms with E-state index in [0.29, 0.717) is 26.4 Å². The van der Waals surface area contributed by atoms with E-state index in [1.807, 2.05) is 13.8 Å². The Morgan fingerprint density at radius 1 is 1.20 bits per heavy atom. The van der Waals surface area contributed by atoms with Crippen LogP contribution in [0.25, 0.3) is 0 Å². The van der Waals surface area contributed by atoms with Crippen LogP contribution >= 0.6 is 0 Å². The van der Waals surface area contributed by atoms with Gasteiger partial charge < -0.3 is 15.2 Å². The van der Waals surface area contributed by atoms with Crippen LogP contribution in [0.3, 0.4) is 0 Å². The fraction of sp³-hybridized carbons (Fsp3) is 0.909. The third-order valence-electron chi connectivity index (χ3n) is 2.08.